The summed E-state index contributed by atoms with van der Waals surface area (Å²) in [5.41, 5.74) is 6.87. The molecule has 3 N–H and O–H groups in total. The summed E-state index contributed by atoms with van der Waals surface area (Å²) in [5, 5.41) is 3.04. The number of piperidine rings is 1. The molecule has 2 rings (SSSR count). The van der Waals surface area contributed by atoms with Crippen molar-refractivity contribution >= 4 is 18.3 Å². The van der Waals surface area contributed by atoms with Gasteiger partial charge in [0.2, 0.25) is 5.91 Å². The molecule has 1 aromatic carbocycles. The third-order valence-electron chi connectivity index (χ3n) is 3.98. The van der Waals surface area contributed by atoms with Crippen molar-refractivity contribution in [2.24, 2.45) is 5.73 Å². The first-order chi connectivity index (χ1) is 10.1. The molecular formula is C16H26ClN3O2. The molecular weight excluding hydrogens is 302 g/mol. The van der Waals surface area contributed by atoms with Crippen molar-refractivity contribution in [1.82, 2.24) is 10.2 Å². The van der Waals surface area contributed by atoms with E-state index in [1.165, 1.54) is 0 Å². The molecule has 0 saturated carbocycles. The highest BCUT2D eigenvalue weighted by Crippen LogP contribution is 2.24. The average Bonchev–Trinajstić information content (AvgIpc) is 2.49. The Labute approximate surface area is 138 Å². The minimum atomic E-state index is -0.0688. The van der Waals surface area contributed by atoms with Gasteiger partial charge in [0, 0.05) is 24.7 Å². The van der Waals surface area contributed by atoms with Crippen molar-refractivity contribution < 1.29 is 9.53 Å². The van der Waals surface area contributed by atoms with Gasteiger partial charge in [0.15, 0.2) is 0 Å². The van der Waals surface area contributed by atoms with Crippen molar-refractivity contribution in [3.8, 4) is 5.75 Å². The molecule has 1 aromatic rings. The van der Waals surface area contributed by atoms with Crippen LogP contribution < -0.4 is 15.8 Å². The van der Waals surface area contributed by atoms with Crippen LogP contribution in [0.2, 0.25) is 0 Å². The maximum absolute atomic E-state index is 12.2. The van der Waals surface area contributed by atoms with Gasteiger partial charge in [-0.15, -0.1) is 12.4 Å². The van der Waals surface area contributed by atoms with E-state index < -0.39 is 0 Å². The highest BCUT2D eigenvalue weighted by atomic mass is 35.5. The lowest BCUT2D eigenvalue weighted by Crippen LogP contribution is -2.44. The first-order valence-electron chi connectivity index (χ1n) is 7.50. The van der Waals surface area contributed by atoms with Gasteiger partial charge in [0.1, 0.15) is 5.75 Å². The third kappa shape index (κ3) is 5.16. The van der Waals surface area contributed by atoms with E-state index >= 15 is 0 Å². The smallest absolute Gasteiger partial charge is 0.234 e. The fourth-order valence-corrected chi connectivity index (χ4v) is 2.70. The van der Waals surface area contributed by atoms with Crippen LogP contribution in [0.25, 0.3) is 0 Å². The molecule has 22 heavy (non-hydrogen) atoms. The van der Waals surface area contributed by atoms with Crippen molar-refractivity contribution in [3.05, 3.63) is 29.8 Å². The zero-order chi connectivity index (χ0) is 15.2. The minimum Gasteiger partial charge on any atom is -0.496 e. The second-order valence-electron chi connectivity index (χ2n) is 5.64. The number of likely N-dealkylation sites (tertiary alicyclic amines) is 1. The van der Waals surface area contributed by atoms with Gasteiger partial charge >= 0.3 is 0 Å². The molecule has 0 aromatic heterocycles. The predicted molar refractivity (Wildman–Crippen MR) is 90.4 cm³/mol. The van der Waals surface area contributed by atoms with Crippen LogP contribution in [0.1, 0.15) is 31.4 Å². The summed E-state index contributed by atoms with van der Waals surface area (Å²) < 4.78 is 5.33. The van der Waals surface area contributed by atoms with Gasteiger partial charge in [0.05, 0.1) is 19.7 Å². The Morgan fingerprint density at radius 1 is 1.41 bits per heavy atom. The largest absolute Gasteiger partial charge is 0.496 e. The van der Waals surface area contributed by atoms with Crippen LogP contribution in [0.15, 0.2) is 24.3 Å². The number of ether oxygens (including phenoxy) is 1. The van der Waals surface area contributed by atoms with E-state index in [-0.39, 0.29) is 30.4 Å². The predicted octanol–water partition coefficient (Wildman–Crippen LogP) is 1.72. The minimum absolute atomic E-state index is 0. The van der Waals surface area contributed by atoms with Crippen LogP contribution in [-0.4, -0.2) is 43.6 Å². The Hall–Kier alpha value is -1.30. The second kappa shape index (κ2) is 8.98. The molecule has 1 aliphatic rings. The lowest BCUT2D eigenvalue weighted by Gasteiger charge is -2.29. The molecule has 1 aliphatic heterocycles. The van der Waals surface area contributed by atoms with Gasteiger partial charge in [-0.3, -0.25) is 9.69 Å². The zero-order valence-corrected chi connectivity index (χ0v) is 14.1. The number of benzene rings is 1. The maximum atomic E-state index is 12.2. The van der Waals surface area contributed by atoms with E-state index in [0.29, 0.717) is 6.54 Å². The zero-order valence-electron chi connectivity index (χ0n) is 13.2. The van der Waals surface area contributed by atoms with E-state index in [4.69, 9.17) is 10.5 Å². The van der Waals surface area contributed by atoms with Crippen LogP contribution in [0, 0.1) is 0 Å². The second-order valence-corrected chi connectivity index (χ2v) is 5.64. The van der Waals surface area contributed by atoms with Crippen molar-refractivity contribution in [3.63, 3.8) is 0 Å². The Kier molecular flexibility index (Phi) is 7.65. The normalized spacial score (nSPS) is 17.4. The molecule has 0 radical (unpaired) electrons. The summed E-state index contributed by atoms with van der Waals surface area (Å²) >= 11 is 0. The van der Waals surface area contributed by atoms with Gasteiger partial charge in [-0.05, 0) is 25.8 Å². The fraction of sp³-hybridized carbons (Fsp3) is 0.562. The standard InChI is InChI=1S/C16H25N3O2.ClH/c1-12(14-5-3-4-6-15(14)21-2)18-16(20)11-19-9-7-13(17)8-10-19;/h3-6,12-13H,7-11,17H2,1-2H3,(H,18,20);1H. The van der Waals surface area contributed by atoms with Gasteiger partial charge in [-0.1, -0.05) is 18.2 Å². The number of rotatable bonds is 5. The first-order valence-corrected chi connectivity index (χ1v) is 7.50. The number of carbonyl (C=O) groups is 1. The molecule has 0 bridgehead atoms. The lowest BCUT2D eigenvalue weighted by molar-refractivity contribution is -0.123. The number of amides is 1. The Morgan fingerprint density at radius 2 is 2.05 bits per heavy atom. The molecule has 1 atom stereocenters. The Balaban J connectivity index is 0.00000242. The molecule has 1 amide bonds. The van der Waals surface area contributed by atoms with Crippen LogP contribution in [-0.2, 0) is 4.79 Å². The van der Waals surface area contributed by atoms with Gasteiger partial charge in [-0.25, -0.2) is 0 Å². The first kappa shape index (κ1) is 18.7. The van der Waals surface area contributed by atoms with Crippen LogP contribution in [0.4, 0.5) is 0 Å². The number of para-hydroxylation sites is 1. The van der Waals surface area contributed by atoms with Crippen LogP contribution >= 0.6 is 12.4 Å². The molecule has 6 heteroatoms. The van der Waals surface area contributed by atoms with Gasteiger partial charge in [0.25, 0.3) is 0 Å². The van der Waals surface area contributed by atoms with E-state index in [1.54, 1.807) is 7.11 Å². The molecule has 0 spiro atoms. The van der Waals surface area contributed by atoms with Crippen molar-refractivity contribution in [1.29, 1.82) is 0 Å². The highest BCUT2D eigenvalue weighted by Gasteiger charge is 2.20. The third-order valence-corrected chi connectivity index (χ3v) is 3.98. The molecule has 1 unspecified atom stereocenters. The fourth-order valence-electron chi connectivity index (χ4n) is 2.70. The quantitative estimate of drug-likeness (QED) is 0.864. The number of methoxy groups -OCH3 is 1. The number of nitrogens with one attached hydrogen (secondary N) is 1. The van der Waals surface area contributed by atoms with E-state index in [9.17, 15) is 4.79 Å². The Bertz CT molecular complexity index is 476. The summed E-state index contributed by atoms with van der Waals surface area (Å²) in [7, 11) is 1.64. The van der Waals surface area contributed by atoms with E-state index in [0.717, 1.165) is 37.2 Å². The van der Waals surface area contributed by atoms with Crippen LogP contribution in [0.5, 0.6) is 5.75 Å². The SMILES string of the molecule is COc1ccccc1C(C)NC(=O)CN1CCC(N)CC1.Cl. The molecule has 1 heterocycles. The number of hydrogen-bond acceptors (Lipinski definition) is 4. The van der Waals surface area contributed by atoms with Crippen molar-refractivity contribution in [2.75, 3.05) is 26.7 Å². The summed E-state index contributed by atoms with van der Waals surface area (Å²) in [5.74, 6) is 0.845. The highest BCUT2D eigenvalue weighted by molar-refractivity contribution is 5.85. The summed E-state index contributed by atoms with van der Waals surface area (Å²) in [4.78, 5) is 14.3. The maximum Gasteiger partial charge on any atom is 0.234 e. The number of carbonyl (C=O) groups excluding carboxylic acids is 1. The molecule has 5 nitrogen and oxygen atoms in total. The topological polar surface area (TPSA) is 67.6 Å². The number of halogens is 1. The summed E-state index contributed by atoms with van der Waals surface area (Å²) in [6, 6.07) is 7.98. The van der Waals surface area contributed by atoms with Crippen LogP contribution in [0.3, 0.4) is 0 Å². The molecule has 124 valence electrons. The number of nitrogens with zero attached hydrogens (tertiary/aromatic N) is 1. The van der Waals surface area contributed by atoms with E-state index in [1.807, 2.05) is 31.2 Å². The molecule has 1 fully saturated rings. The summed E-state index contributed by atoms with van der Waals surface area (Å²) in [6.07, 6.45) is 1.94. The summed E-state index contributed by atoms with van der Waals surface area (Å²) in [6.45, 7) is 4.21. The Morgan fingerprint density at radius 3 is 2.68 bits per heavy atom. The number of nitrogens with two attached hydrogens (primary N) is 1. The van der Waals surface area contributed by atoms with Crippen molar-refractivity contribution in [2.45, 2.75) is 31.8 Å². The monoisotopic (exact) mass is 327 g/mol. The molecule has 1 saturated heterocycles. The average molecular weight is 328 g/mol. The number of hydrogen-bond donors (Lipinski definition) is 2. The lowest BCUT2D eigenvalue weighted by atomic mass is 10.1. The van der Waals surface area contributed by atoms with E-state index in [2.05, 4.69) is 10.2 Å². The molecule has 0 aliphatic carbocycles. The van der Waals surface area contributed by atoms with Gasteiger partial charge < -0.3 is 15.8 Å². The van der Waals surface area contributed by atoms with Gasteiger partial charge in [-0.2, -0.15) is 0 Å².